The van der Waals surface area contributed by atoms with Gasteiger partial charge in [-0.2, -0.15) is 13.2 Å². The van der Waals surface area contributed by atoms with Gasteiger partial charge < -0.3 is 19.1 Å². The van der Waals surface area contributed by atoms with Gasteiger partial charge in [-0.3, -0.25) is 0 Å². The van der Waals surface area contributed by atoms with E-state index in [4.69, 9.17) is 14.6 Å². The number of carbonyl (C=O) groups excluding carboxylic acids is 1. The van der Waals surface area contributed by atoms with Gasteiger partial charge in [0, 0.05) is 0 Å². The van der Waals surface area contributed by atoms with Gasteiger partial charge in [-0.25, -0.2) is 4.39 Å². The first kappa shape index (κ1) is 23.2. The Kier molecular flexibility index (Phi) is 9.48. The quantitative estimate of drug-likeness (QED) is 0.550. The molecule has 0 radical (unpaired) electrons. The number of likely N-dealkylation sites (N-methyl/N-ethyl adjacent to an activating group) is 1. The lowest BCUT2D eigenvalue weighted by Gasteiger charge is -2.35. The van der Waals surface area contributed by atoms with Crippen molar-refractivity contribution in [1.82, 2.24) is 0 Å². The number of carbonyl (C=O) groups is 1. The Bertz CT molecular complexity index is 535. The van der Waals surface area contributed by atoms with Crippen LogP contribution in [0.25, 0.3) is 0 Å². The molecule has 0 atom stereocenters. The highest BCUT2D eigenvalue weighted by Gasteiger charge is 2.28. The summed E-state index contributed by atoms with van der Waals surface area (Å²) in [4.78, 5) is 8.78. The topological polar surface area (TPSA) is 49.4 Å². The van der Waals surface area contributed by atoms with Gasteiger partial charge in [0.15, 0.2) is 11.6 Å². The zero-order chi connectivity index (χ0) is 19.7. The van der Waals surface area contributed by atoms with Crippen LogP contribution in [0.5, 0.6) is 5.75 Å². The fourth-order valence-electron chi connectivity index (χ4n) is 2.22. The maximum atomic E-state index is 13.6. The number of benzene rings is 1. The van der Waals surface area contributed by atoms with Gasteiger partial charge in [-0.15, -0.1) is 0 Å². The number of aliphatic carboxylic acids is 1. The molecule has 0 saturated heterocycles. The molecule has 0 spiro atoms. The van der Waals surface area contributed by atoms with Gasteiger partial charge in [0.05, 0.1) is 19.6 Å². The Morgan fingerprint density at radius 1 is 1.16 bits per heavy atom. The Balaban J connectivity index is 0.000000697. The number of alkyl halides is 3. The summed E-state index contributed by atoms with van der Waals surface area (Å²) in [6.07, 6.45) is -5.19. The molecule has 1 rings (SSSR count). The third-order valence-corrected chi connectivity index (χ3v) is 4.15. The van der Waals surface area contributed by atoms with Crippen LogP contribution in [0.2, 0.25) is 0 Å². The molecule has 4 nitrogen and oxygen atoms in total. The highest BCUT2D eigenvalue weighted by atomic mass is 19.4. The van der Waals surface area contributed by atoms with Crippen molar-refractivity contribution in [3.63, 3.8) is 0 Å². The number of ether oxygens (including phenoxy) is 1. The monoisotopic (exact) mass is 367 g/mol. The molecule has 0 fully saturated rings. The maximum absolute atomic E-state index is 13.6. The first-order valence-corrected chi connectivity index (χ1v) is 8.03. The molecular formula is C17H25F4NO3. The van der Waals surface area contributed by atoms with Gasteiger partial charge in [-0.1, -0.05) is 6.07 Å². The summed E-state index contributed by atoms with van der Waals surface area (Å²) < 4.78 is 51.7. The summed E-state index contributed by atoms with van der Waals surface area (Å²) >= 11 is 0. The number of aryl methyl sites for hydroxylation is 1. The van der Waals surface area contributed by atoms with Gasteiger partial charge in [0.2, 0.25) is 0 Å². The maximum Gasteiger partial charge on any atom is 0.430 e. The fourth-order valence-corrected chi connectivity index (χ4v) is 2.22. The van der Waals surface area contributed by atoms with Crippen molar-refractivity contribution in [3.8, 4) is 5.75 Å². The van der Waals surface area contributed by atoms with Crippen LogP contribution in [-0.4, -0.2) is 49.4 Å². The number of halogens is 4. The summed E-state index contributed by atoms with van der Waals surface area (Å²) in [6.45, 7) is 13.2. The molecule has 0 amide bonds. The molecule has 1 aromatic carbocycles. The smallest absolute Gasteiger partial charge is 0.430 e. The molecule has 0 aromatic heterocycles. The van der Waals surface area contributed by atoms with Crippen molar-refractivity contribution in [2.24, 2.45) is 0 Å². The minimum Gasteiger partial charge on any atom is -0.542 e. The predicted octanol–water partition coefficient (Wildman–Crippen LogP) is 2.69. The standard InChI is InChI=1S/C15H25FNO.C2HF3O2/c1-5-17(6-2,7-3)10-11-18-15-9-8-13(4)12-14(15)16;3-2(4,5)1(6)7/h8-9,12H,5-7,10-11H2,1-4H3;(H,6,7)/q+1;/p-1. The molecule has 0 unspecified atom stereocenters. The molecule has 25 heavy (non-hydrogen) atoms. The van der Waals surface area contributed by atoms with Gasteiger partial charge in [0.25, 0.3) is 0 Å². The van der Waals surface area contributed by atoms with Crippen LogP contribution >= 0.6 is 0 Å². The fraction of sp³-hybridized carbons (Fsp3) is 0.588. The Morgan fingerprint density at radius 3 is 2.00 bits per heavy atom. The van der Waals surface area contributed by atoms with Gasteiger partial charge in [-0.05, 0) is 45.4 Å². The molecule has 0 aliphatic carbocycles. The molecule has 0 heterocycles. The van der Waals surface area contributed by atoms with Gasteiger partial charge >= 0.3 is 6.18 Å². The Morgan fingerprint density at radius 2 is 1.64 bits per heavy atom. The third kappa shape index (κ3) is 8.20. The van der Waals surface area contributed by atoms with E-state index in [0.717, 1.165) is 36.2 Å². The van der Waals surface area contributed by atoms with Crippen molar-refractivity contribution in [3.05, 3.63) is 29.6 Å². The summed E-state index contributed by atoms with van der Waals surface area (Å²) in [6, 6.07) is 5.10. The molecule has 0 N–H and O–H groups in total. The van der Waals surface area contributed by atoms with Crippen molar-refractivity contribution in [2.75, 3.05) is 32.8 Å². The van der Waals surface area contributed by atoms with E-state index in [2.05, 4.69) is 20.8 Å². The molecular weight excluding hydrogens is 342 g/mol. The summed E-state index contributed by atoms with van der Waals surface area (Å²) in [7, 11) is 0. The van der Waals surface area contributed by atoms with Crippen molar-refractivity contribution >= 4 is 5.97 Å². The van der Waals surface area contributed by atoms with Crippen molar-refractivity contribution < 1.29 is 36.7 Å². The first-order valence-electron chi connectivity index (χ1n) is 8.03. The lowest BCUT2D eigenvalue weighted by molar-refractivity contribution is -0.923. The Labute approximate surface area is 145 Å². The number of carboxylic acid groups (broad SMARTS) is 1. The second kappa shape index (κ2) is 10.2. The zero-order valence-corrected chi connectivity index (χ0v) is 15.0. The minimum atomic E-state index is -5.19. The normalized spacial score (nSPS) is 11.5. The van der Waals surface area contributed by atoms with Crippen LogP contribution in [-0.2, 0) is 4.79 Å². The van der Waals surface area contributed by atoms with Crippen LogP contribution in [0.4, 0.5) is 17.6 Å². The summed E-state index contributed by atoms with van der Waals surface area (Å²) in [5.74, 6) is -2.91. The summed E-state index contributed by atoms with van der Waals surface area (Å²) in [5, 5.41) is 8.78. The number of hydrogen-bond donors (Lipinski definition) is 0. The van der Waals surface area contributed by atoms with Crippen LogP contribution in [0, 0.1) is 12.7 Å². The third-order valence-electron chi connectivity index (χ3n) is 4.15. The largest absolute Gasteiger partial charge is 0.542 e. The number of rotatable bonds is 7. The lowest BCUT2D eigenvalue weighted by Crippen LogP contribution is -2.49. The Hall–Kier alpha value is -1.83. The lowest BCUT2D eigenvalue weighted by atomic mass is 10.2. The van der Waals surface area contributed by atoms with E-state index in [0.29, 0.717) is 12.4 Å². The molecule has 144 valence electrons. The van der Waals surface area contributed by atoms with E-state index in [9.17, 15) is 17.6 Å². The van der Waals surface area contributed by atoms with E-state index < -0.39 is 12.1 Å². The van der Waals surface area contributed by atoms with Gasteiger partial charge in [0.1, 0.15) is 19.1 Å². The van der Waals surface area contributed by atoms with E-state index >= 15 is 0 Å². The first-order chi connectivity index (χ1) is 11.5. The summed E-state index contributed by atoms with van der Waals surface area (Å²) in [5.41, 5.74) is 0.917. The number of hydrogen-bond acceptors (Lipinski definition) is 3. The number of carboxylic acids is 1. The van der Waals surface area contributed by atoms with Crippen molar-refractivity contribution in [1.29, 1.82) is 0 Å². The number of nitrogens with zero attached hydrogens (tertiary/aromatic N) is 1. The second-order valence-electron chi connectivity index (χ2n) is 5.58. The highest BCUT2D eigenvalue weighted by molar-refractivity contribution is 5.70. The molecule has 0 aliphatic rings. The van der Waals surface area contributed by atoms with E-state index in [1.54, 1.807) is 6.07 Å². The van der Waals surface area contributed by atoms with Crippen LogP contribution in [0.3, 0.4) is 0 Å². The van der Waals surface area contributed by atoms with Crippen LogP contribution < -0.4 is 9.84 Å². The molecule has 8 heteroatoms. The highest BCUT2D eigenvalue weighted by Crippen LogP contribution is 2.18. The molecule has 1 aromatic rings. The van der Waals surface area contributed by atoms with E-state index in [1.165, 1.54) is 6.07 Å². The average Bonchev–Trinajstić information content (AvgIpc) is 2.54. The van der Waals surface area contributed by atoms with E-state index in [1.807, 2.05) is 13.0 Å². The second-order valence-corrected chi connectivity index (χ2v) is 5.58. The molecule has 0 aliphatic heterocycles. The molecule has 0 bridgehead atoms. The van der Waals surface area contributed by atoms with Crippen LogP contribution in [0.1, 0.15) is 26.3 Å². The average molecular weight is 367 g/mol. The van der Waals surface area contributed by atoms with Crippen LogP contribution in [0.15, 0.2) is 18.2 Å². The predicted molar refractivity (Wildman–Crippen MR) is 84.4 cm³/mol. The van der Waals surface area contributed by atoms with E-state index in [-0.39, 0.29) is 5.82 Å². The number of quaternary nitrogens is 1. The zero-order valence-electron chi connectivity index (χ0n) is 15.0. The SMILES string of the molecule is CC[N+](CC)(CC)CCOc1ccc(C)cc1F.O=C([O-])C(F)(F)F. The van der Waals surface area contributed by atoms with Crippen molar-refractivity contribution in [2.45, 2.75) is 33.9 Å². The minimum absolute atomic E-state index is 0.266. The molecule has 0 saturated carbocycles.